The Balaban J connectivity index is 4.20. The zero-order valence-electron chi connectivity index (χ0n) is 44.8. The summed E-state index contributed by atoms with van der Waals surface area (Å²) in [6.07, 6.45) is 69.4. The second-order valence-electron chi connectivity index (χ2n) is 19.6. The van der Waals surface area contributed by atoms with E-state index in [0.717, 1.165) is 83.5 Å². The van der Waals surface area contributed by atoms with Crippen molar-refractivity contribution < 1.29 is 37.3 Å². The first-order valence-corrected chi connectivity index (χ1v) is 29.3. The molecule has 0 aromatic heterocycles. The third-order valence-electron chi connectivity index (χ3n) is 11.7. The van der Waals surface area contributed by atoms with Crippen LogP contribution in [0.1, 0.15) is 226 Å². The number of unbranched alkanes of at least 4 members (excludes halogenated alkanes) is 23. The van der Waals surface area contributed by atoms with Crippen LogP contribution in [-0.4, -0.2) is 75.6 Å². The molecule has 1 N–H and O–H groups in total. The van der Waals surface area contributed by atoms with Crippen molar-refractivity contribution in [3.8, 4) is 0 Å². The van der Waals surface area contributed by atoms with Crippen LogP contribution in [0.5, 0.6) is 0 Å². The van der Waals surface area contributed by atoms with Gasteiger partial charge in [0.15, 0.2) is 0 Å². The highest BCUT2D eigenvalue weighted by atomic mass is 31.2. The Morgan fingerprint density at radius 1 is 0.471 bits per heavy atom. The highest BCUT2D eigenvalue weighted by Gasteiger charge is 2.26. The number of phosphoric acid groups is 1. The fourth-order valence-electron chi connectivity index (χ4n) is 7.48. The Morgan fingerprint density at radius 2 is 0.853 bits per heavy atom. The van der Waals surface area contributed by atoms with Gasteiger partial charge in [-0.1, -0.05) is 234 Å². The number of allylic oxidation sites excluding steroid dienone is 14. The van der Waals surface area contributed by atoms with Gasteiger partial charge in [-0.2, -0.15) is 0 Å². The van der Waals surface area contributed by atoms with Crippen molar-refractivity contribution in [2.45, 2.75) is 232 Å². The maximum absolute atomic E-state index is 12.8. The number of hydrogen-bond donors (Lipinski definition) is 1. The number of likely N-dealkylation sites (N-methyl/N-ethyl adjacent to an activating group) is 1. The second-order valence-corrected chi connectivity index (χ2v) is 21.0. The minimum Gasteiger partial charge on any atom is -0.457 e. The molecule has 9 heteroatoms. The van der Waals surface area contributed by atoms with E-state index in [1.165, 1.54) is 122 Å². The Kier molecular flexibility index (Phi) is 49.3. The first kappa shape index (κ1) is 65.7. The Labute approximate surface area is 420 Å². The van der Waals surface area contributed by atoms with Crippen LogP contribution >= 0.6 is 7.82 Å². The molecule has 2 unspecified atom stereocenters. The Morgan fingerprint density at radius 3 is 1.25 bits per heavy atom. The summed E-state index contributed by atoms with van der Waals surface area (Å²) in [5, 5.41) is 0. The topological polar surface area (TPSA) is 91.3 Å². The van der Waals surface area contributed by atoms with Gasteiger partial charge in [0.1, 0.15) is 19.3 Å². The summed E-state index contributed by atoms with van der Waals surface area (Å²) in [4.78, 5) is 23.1. The lowest BCUT2D eigenvalue weighted by Gasteiger charge is -2.24. The van der Waals surface area contributed by atoms with Crippen molar-refractivity contribution in [1.82, 2.24) is 0 Å². The monoisotopic (exact) mass is 973 g/mol. The van der Waals surface area contributed by atoms with Gasteiger partial charge >= 0.3 is 13.8 Å². The minimum atomic E-state index is -4.30. The van der Waals surface area contributed by atoms with E-state index in [1.54, 1.807) is 0 Å². The van der Waals surface area contributed by atoms with E-state index in [0.29, 0.717) is 24.1 Å². The van der Waals surface area contributed by atoms with Gasteiger partial charge in [-0.25, -0.2) is 4.57 Å². The third-order valence-corrected chi connectivity index (χ3v) is 12.7. The summed E-state index contributed by atoms with van der Waals surface area (Å²) in [7, 11) is 1.63. The fourth-order valence-corrected chi connectivity index (χ4v) is 8.22. The summed E-state index contributed by atoms with van der Waals surface area (Å²) in [6, 6.07) is 0. The number of carbonyl (C=O) groups excluding carboxylic acids is 1. The second kappa shape index (κ2) is 51.0. The molecule has 0 aromatic rings. The molecule has 394 valence electrons. The van der Waals surface area contributed by atoms with E-state index in [4.69, 9.17) is 18.5 Å². The summed E-state index contributed by atoms with van der Waals surface area (Å²) in [5.74, 6) is -0.328. The summed E-state index contributed by atoms with van der Waals surface area (Å²) in [6.45, 7) is 5.41. The normalized spacial score (nSPS) is 14.1. The Hall–Kier alpha value is -2.32. The van der Waals surface area contributed by atoms with E-state index >= 15 is 0 Å². The molecule has 68 heavy (non-hydrogen) atoms. The molecule has 0 saturated carbocycles. The van der Waals surface area contributed by atoms with Crippen molar-refractivity contribution in [2.75, 3.05) is 54.1 Å². The van der Waals surface area contributed by atoms with Crippen molar-refractivity contribution in [3.05, 3.63) is 85.1 Å². The predicted molar refractivity (Wildman–Crippen MR) is 293 cm³/mol. The smallest absolute Gasteiger partial charge is 0.457 e. The number of phosphoric ester groups is 1. The van der Waals surface area contributed by atoms with E-state index in [-0.39, 0.29) is 25.8 Å². The number of quaternary nitrogens is 1. The zero-order valence-corrected chi connectivity index (χ0v) is 45.7. The van der Waals surface area contributed by atoms with Crippen LogP contribution in [0, 0.1) is 0 Å². The van der Waals surface area contributed by atoms with Crippen LogP contribution in [0.3, 0.4) is 0 Å². The van der Waals surface area contributed by atoms with E-state index in [1.807, 2.05) is 21.1 Å². The van der Waals surface area contributed by atoms with E-state index in [2.05, 4.69) is 98.9 Å². The number of nitrogens with zero attached hydrogens (tertiary/aromatic N) is 1. The number of carbonyl (C=O) groups is 1. The third kappa shape index (κ3) is 54.6. The average Bonchev–Trinajstić information content (AvgIpc) is 3.30. The Bertz CT molecular complexity index is 1360. The van der Waals surface area contributed by atoms with Crippen molar-refractivity contribution >= 4 is 13.8 Å². The molecule has 0 aliphatic heterocycles. The standard InChI is InChI=1S/C59H106NO7P/c1-6-8-10-12-14-16-18-20-22-24-26-28-30-31-33-35-37-39-41-43-45-47-49-51-54-64-56-58(57-66-68(62,63)65-55-53-60(3,4)5)67-59(61)52-50-48-46-44-42-40-38-36-34-32-29-27-25-23-21-19-17-15-13-11-9-7-2/h8,10,14,16,20,22,26,28,31,33,37,39,43,45,58H,6-7,9,11-13,15,17-19,21,23-25,27,29-30,32,34-36,38,40-42,44,46-57H2,1-5H3/p+1/b10-8-,16-14-,22-20-,28-26-,33-31-,39-37-,45-43-. The predicted octanol–water partition coefficient (Wildman–Crippen LogP) is 17.6. The number of rotatable bonds is 51. The average molecular weight is 973 g/mol. The molecule has 2 atom stereocenters. The maximum Gasteiger partial charge on any atom is 0.472 e. The number of hydrogen-bond acceptors (Lipinski definition) is 6. The van der Waals surface area contributed by atoms with Crippen LogP contribution in [-0.2, 0) is 27.9 Å². The zero-order chi connectivity index (χ0) is 49.8. The molecule has 0 amide bonds. The number of ether oxygens (including phenoxy) is 2. The molecule has 0 fully saturated rings. The molecule has 8 nitrogen and oxygen atoms in total. The van der Waals surface area contributed by atoms with Gasteiger partial charge in [0, 0.05) is 13.0 Å². The number of esters is 1. The SMILES string of the molecule is CC/C=C\C/C=C\C/C=C\C/C=C\C/C=C\C/C=C\C/C=C\CCCCOCC(COP(=O)(O)OCC[N+](C)(C)C)OC(=O)CCCCCCCCCCCCCCCCCCCCCCCC. The van der Waals surface area contributed by atoms with Crippen LogP contribution in [0.4, 0.5) is 0 Å². The summed E-state index contributed by atoms with van der Waals surface area (Å²) in [5.41, 5.74) is 0. The first-order chi connectivity index (χ1) is 33.1. The lowest BCUT2D eigenvalue weighted by Crippen LogP contribution is -2.37. The van der Waals surface area contributed by atoms with Crippen LogP contribution in [0.2, 0.25) is 0 Å². The molecule has 0 rings (SSSR count). The molecule has 0 saturated heterocycles. The van der Waals surface area contributed by atoms with Gasteiger partial charge in [-0.3, -0.25) is 13.8 Å². The molecular weight excluding hydrogens is 866 g/mol. The summed E-state index contributed by atoms with van der Waals surface area (Å²) >= 11 is 0. The quantitative estimate of drug-likeness (QED) is 0.0213. The van der Waals surface area contributed by atoms with Crippen molar-refractivity contribution in [3.63, 3.8) is 0 Å². The van der Waals surface area contributed by atoms with E-state index in [9.17, 15) is 14.3 Å². The largest absolute Gasteiger partial charge is 0.472 e. The van der Waals surface area contributed by atoms with Crippen molar-refractivity contribution in [1.29, 1.82) is 0 Å². The summed E-state index contributed by atoms with van der Waals surface area (Å²) < 4.78 is 35.2. The molecule has 0 aliphatic carbocycles. The molecule has 0 aliphatic rings. The van der Waals surface area contributed by atoms with Gasteiger partial charge in [-0.05, 0) is 70.6 Å². The minimum absolute atomic E-state index is 0.0770. The molecular formula is C59H107NO7P+. The van der Waals surface area contributed by atoms with Crippen LogP contribution in [0.25, 0.3) is 0 Å². The first-order valence-electron chi connectivity index (χ1n) is 27.8. The lowest BCUT2D eigenvalue weighted by molar-refractivity contribution is -0.870. The molecule has 0 bridgehead atoms. The fraction of sp³-hybridized carbons (Fsp3) is 0.746. The van der Waals surface area contributed by atoms with E-state index < -0.39 is 13.9 Å². The maximum atomic E-state index is 12.8. The van der Waals surface area contributed by atoms with Gasteiger partial charge in [0.2, 0.25) is 0 Å². The highest BCUT2D eigenvalue weighted by molar-refractivity contribution is 7.47. The van der Waals surface area contributed by atoms with Gasteiger partial charge < -0.3 is 18.9 Å². The molecule has 0 heterocycles. The highest BCUT2D eigenvalue weighted by Crippen LogP contribution is 2.43. The van der Waals surface area contributed by atoms with Gasteiger partial charge in [0.05, 0.1) is 34.4 Å². The lowest BCUT2D eigenvalue weighted by atomic mass is 10.0. The molecule has 0 spiro atoms. The van der Waals surface area contributed by atoms with Crippen molar-refractivity contribution in [2.24, 2.45) is 0 Å². The molecule has 0 aromatic carbocycles. The van der Waals surface area contributed by atoms with Gasteiger partial charge in [-0.15, -0.1) is 0 Å². The van der Waals surface area contributed by atoms with Gasteiger partial charge in [0.25, 0.3) is 0 Å². The van der Waals surface area contributed by atoms with Crippen LogP contribution < -0.4 is 0 Å². The molecule has 0 radical (unpaired) electrons. The van der Waals surface area contributed by atoms with Crippen LogP contribution in [0.15, 0.2) is 85.1 Å².